The maximum absolute atomic E-state index is 9.68. The molecule has 0 unspecified atom stereocenters. The molecule has 70 valence electrons. The van der Waals surface area contributed by atoms with Crippen molar-refractivity contribution < 1.29 is 5.11 Å². The average Bonchev–Trinajstić information content (AvgIpc) is 2.04. The van der Waals surface area contributed by atoms with E-state index in [4.69, 9.17) is 11.6 Å². The Bertz CT molecular complexity index is 307. The maximum atomic E-state index is 9.68. The number of benzene rings is 1. The number of hydrogen-bond acceptors (Lipinski definition) is 1. The zero-order valence-electron chi connectivity index (χ0n) is 7.63. The number of halogens is 1. The lowest BCUT2D eigenvalue weighted by molar-refractivity contribution is 0.181. The summed E-state index contributed by atoms with van der Waals surface area (Å²) in [5, 5.41) is 10.4. The van der Waals surface area contributed by atoms with E-state index in [-0.39, 0.29) is 0 Å². The molecule has 0 aliphatic rings. The molecule has 0 saturated heterocycles. The van der Waals surface area contributed by atoms with Crippen LogP contribution in [0.3, 0.4) is 0 Å². The Labute approximate surface area is 83.7 Å². The van der Waals surface area contributed by atoms with Crippen molar-refractivity contribution in [2.75, 3.05) is 0 Å². The van der Waals surface area contributed by atoms with E-state index in [1.165, 1.54) is 0 Å². The Morgan fingerprint density at radius 1 is 1.62 bits per heavy atom. The minimum atomic E-state index is -0.463. The topological polar surface area (TPSA) is 20.2 Å². The summed E-state index contributed by atoms with van der Waals surface area (Å²) < 4.78 is 0. The van der Waals surface area contributed by atoms with Gasteiger partial charge in [-0.2, -0.15) is 0 Å². The Hall–Kier alpha value is -0.790. The number of aliphatic hydroxyl groups is 1. The lowest BCUT2D eigenvalue weighted by Crippen LogP contribution is -1.98. The van der Waals surface area contributed by atoms with Crippen molar-refractivity contribution >= 4 is 11.6 Å². The van der Waals surface area contributed by atoms with Crippen molar-refractivity contribution in [2.45, 2.75) is 19.4 Å². The standard InChI is InChI=1S/C11H13ClO/c1-3-4-11(13)10-6-5-9(12)7-8(10)2/h3,5-7,11,13H,1,4H2,2H3/t11-/m0/s1. The van der Waals surface area contributed by atoms with Gasteiger partial charge in [-0.1, -0.05) is 23.7 Å². The van der Waals surface area contributed by atoms with Gasteiger partial charge in [0.2, 0.25) is 0 Å². The molecule has 0 radical (unpaired) electrons. The molecule has 0 aliphatic heterocycles. The molecule has 1 nitrogen and oxygen atoms in total. The second kappa shape index (κ2) is 4.45. The van der Waals surface area contributed by atoms with Gasteiger partial charge in [-0.25, -0.2) is 0 Å². The molecule has 1 N–H and O–H groups in total. The third-order valence-electron chi connectivity index (χ3n) is 1.98. The molecule has 0 heterocycles. The first kappa shape index (κ1) is 10.3. The lowest BCUT2D eigenvalue weighted by Gasteiger charge is -2.11. The number of hydrogen-bond donors (Lipinski definition) is 1. The molecule has 1 aromatic carbocycles. The van der Waals surface area contributed by atoms with Crippen LogP contribution in [-0.4, -0.2) is 5.11 Å². The van der Waals surface area contributed by atoms with Crippen LogP contribution in [0, 0.1) is 6.92 Å². The molecule has 0 fully saturated rings. The smallest absolute Gasteiger partial charge is 0.0826 e. The fraction of sp³-hybridized carbons (Fsp3) is 0.273. The third kappa shape index (κ3) is 2.58. The van der Waals surface area contributed by atoms with E-state index < -0.39 is 6.10 Å². The highest BCUT2D eigenvalue weighted by atomic mass is 35.5. The summed E-state index contributed by atoms with van der Waals surface area (Å²) in [5.41, 5.74) is 1.94. The molecule has 0 saturated carbocycles. The highest BCUT2D eigenvalue weighted by molar-refractivity contribution is 6.30. The average molecular weight is 197 g/mol. The van der Waals surface area contributed by atoms with Crippen molar-refractivity contribution in [1.82, 2.24) is 0 Å². The Balaban J connectivity index is 2.94. The molecule has 0 spiro atoms. The van der Waals surface area contributed by atoms with Crippen LogP contribution >= 0.6 is 11.6 Å². The van der Waals surface area contributed by atoms with Crippen molar-refractivity contribution in [3.63, 3.8) is 0 Å². The quantitative estimate of drug-likeness (QED) is 0.736. The van der Waals surface area contributed by atoms with Crippen LogP contribution in [0.4, 0.5) is 0 Å². The molecule has 2 heteroatoms. The van der Waals surface area contributed by atoms with Gasteiger partial charge >= 0.3 is 0 Å². The molecular weight excluding hydrogens is 184 g/mol. The van der Waals surface area contributed by atoms with Crippen LogP contribution in [-0.2, 0) is 0 Å². The Morgan fingerprint density at radius 3 is 2.85 bits per heavy atom. The summed E-state index contributed by atoms with van der Waals surface area (Å²) >= 11 is 5.80. The zero-order valence-corrected chi connectivity index (χ0v) is 8.38. The van der Waals surface area contributed by atoms with Gasteiger partial charge in [0.15, 0.2) is 0 Å². The number of rotatable bonds is 3. The summed E-state index contributed by atoms with van der Waals surface area (Å²) in [4.78, 5) is 0. The summed E-state index contributed by atoms with van der Waals surface area (Å²) in [5.74, 6) is 0. The van der Waals surface area contributed by atoms with Crippen LogP contribution in [0.15, 0.2) is 30.9 Å². The summed E-state index contributed by atoms with van der Waals surface area (Å²) in [6, 6.07) is 5.49. The van der Waals surface area contributed by atoms with Crippen LogP contribution in [0.25, 0.3) is 0 Å². The second-order valence-corrected chi connectivity index (χ2v) is 3.48. The largest absolute Gasteiger partial charge is 0.388 e. The van der Waals surface area contributed by atoms with E-state index in [2.05, 4.69) is 6.58 Å². The van der Waals surface area contributed by atoms with E-state index in [0.29, 0.717) is 11.4 Å². The van der Waals surface area contributed by atoms with Crippen LogP contribution < -0.4 is 0 Å². The molecule has 1 aromatic rings. The minimum Gasteiger partial charge on any atom is -0.388 e. The molecule has 13 heavy (non-hydrogen) atoms. The van der Waals surface area contributed by atoms with Gasteiger partial charge in [0.05, 0.1) is 6.10 Å². The molecule has 0 aliphatic carbocycles. The first-order valence-corrected chi connectivity index (χ1v) is 4.58. The van der Waals surface area contributed by atoms with Gasteiger partial charge in [0.25, 0.3) is 0 Å². The van der Waals surface area contributed by atoms with Gasteiger partial charge in [-0.3, -0.25) is 0 Å². The van der Waals surface area contributed by atoms with E-state index in [1.807, 2.05) is 19.1 Å². The van der Waals surface area contributed by atoms with E-state index >= 15 is 0 Å². The first-order chi connectivity index (χ1) is 6.15. The fourth-order valence-electron chi connectivity index (χ4n) is 1.30. The molecule has 0 aromatic heterocycles. The molecule has 0 bridgehead atoms. The van der Waals surface area contributed by atoms with Gasteiger partial charge in [0, 0.05) is 5.02 Å². The maximum Gasteiger partial charge on any atom is 0.0826 e. The molecule has 1 rings (SSSR count). The van der Waals surface area contributed by atoms with Crippen LogP contribution in [0.2, 0.25) is 5.02 Å². The van der Waals surface area contributed by atoms with E-state index in [1.54, 1.807) is 12.1 Å². The summed E-state index contributed by atoms with van der Waals surface area (Å²) in [6.07, 6.45) is 1.82. The Morgan fingerprint density at radius 2 is 2.31 bits per heavy atom. The minimum absolute atomic E-state index is 0.463. The molecular formula is C11H13ClO. The van der Waals surface area contributed by atoms with Crippen LogP contribution in [0.1, 0.15) is 23.7 Å². The fourth-order valence-corrected chi connectivity index (χ4v) is 1.52. The molecule has 0 amide bonds. The predicted octanol–water partition coefficient (Wildman–Crippen LogP) is 3.26. The van der Waals surface area contributed by atoms with Gasteiger partial charge in [0.1, 0.15) is 0 Å². The second-order valence-electron chi connectivity index (χ2n) is 3.04. The zero-order chi connectivity index (χ0) is 9.84. The SMILES string of the molecule is C=CC[C@H](O)c1ccc(Cl)cc1C. The monoisotopic (exact) mass is 196 g/mol. The van der Waals surface area contributed by atoms with Gasteiger partial charge in [-0.15, -0.1) is 6.58 Å². The normalized spacial score (nSPS) is 12.5. The Kier molecular flexibility index (Phi) is 3.52. The third-order valence-corrected chi connectivity index (χ3v) is 2.22. The van der Waals surface area contributed by atoms with Crippen molar-refractivity contribution in [3.8, 4) is 0 Å². The lowest BCUT2D eigenvalue weighted by atomic mass is 10.0. The first-order valence-electron chi connectivity index (χ1n) is 4.20. The number of aryl methyl sites for hydroxylation is 1. The summed E-state index contributed by atoms with van der Waals surface area (Å²) in [6.45, 7) is 5.53. The highest BCUT2D eigenvalue weighted by Gasteiger charge is 2.08. The molecule has 1 atom stereocenters. The van der Waals surface area contributed by atoms with E-state index in [0.717, 1.165) is 11.1 Å². The van der Waals surface area contributed by atoms with E-state index in [9.17, 15) is 5.11 Å². The highest BCUT2D eigenvalue weighted by Crippen LogP contribution is 2.23. The number of aliphatic hydroxyl groups excluding tert-OH is 1. The van der Waals surface area contributed by atoms with Crippen molar-refractivity contribution in [2.24, 2.45) is 0 Å². The predicted molar refractivity (Wildman–Crippen MR) is 56.0 cm³/mol. The van der Waals surface area contributed by atoms with Crippen molar-refractivity contribution in [3.05, 3.63) is 47.0 Å². The van der Waals surface area contributed by atoms with Gasteiger partial charge in [-0.05, 0) is 36.6 Å². The van der Waals surface area contributed by atoms with Crippen LogP contribution in [0.5, 0.6) is 0 Å². The van der Waals surface area contributed by atoms with Gasteiger partial charge < -0.3 is 5.11 Å². The summed E-state index contributed by atoms with van der Waals surface area (Å²) in [7, 11) is 0. The van der Waals surface area contributed by atoms with Crippen molar-refractivity contribution in [1.29, 1.82) is 0 Å².